The van der Waals surface area contributed by atoms with Crippen molar-refractivity contribution in [2.75, 3.05) is 11.9 Å². The summed E-state index contributed by atoms with van der Waals surface area (Å²) in [6.07, 6.45) is -10.3. The summed E-state index contributed by atoms with van der Waals surface area (Å²) in [5.74, 6) is -2.89. The standard InChI is InChI=1S/C28H26F6N2O4S2/c1-26(2,25(38)39)42-20-10-7-17(8-11-20)14-36(15-18-5-3-4-6-23(18)41)16-24(37)35-22-12-9-19(40-28(32,33)34)13-21(22)27(29,30)31/h3-13,41H,14-16H2,1-2H3,(H,35,37)(H,38,39). The number of thiol groups is 1. The maximum Gasteiger partial charge on any atom is 0.573 e. The van der Waals surface area contributed by atoms with E-state index in [4.69, 9.17) is 0 Å². The molecule has 0 unspecified atom stereocenters. The van der Waals surface area contributed by atoms with Crippen molar-refractivity contribution >= 4 is 42.0 Å². The number of alkyl halides is 6. The van der Waals surface area contributed by atoms with E-state index in [0.29, 0.717) is 21.9 Å². The molecule has 3 aromatic rings. The molecule has 0 saturated heterocycles. The van der Waals surface area contributed by atoms with Gasteiger partial charge < -0.3 is 15.2 Å². The molecule has 0 aliphatic heterocycles. The van der Waals surface area contributed by atoms with Crippen LogP contribution in [0.15, 0.2) is 76.5 Å². The number of anilines is 1. The van der Waals surface area contributed by atoms with E-state index in [9.17, 15) is 41.0 Å². The predicted octanol–water partition coefficient (Wildman–Crippen LogP) is 7.49. The van der Waals surface area contributed by atoms with Gasteiger partial charge in [0.05, 0.1) is 17.8 Å². The van der Waals surface area contributed by atoms with Crippen LogP contribution in [0.3, 0.4) is 0 Å². The van der Waals surface area contributed by atoms with Crippen molar-refractivity contribution in [2.24, 2.45) is 0 Å². The number of nitrogens with one attached hydrogen (secondary N) is 1. The lowest BCUT2D eigenvalue weighted by Crippen LogP contribution is -2.33. The van der Waals surface area contributed by atoms with Gasteiger partial charge in [-0.3, -0.25) is 14.5 Å². The number of carboxylic acid groups (broad SMARTS) is 1. The van der Waals surface area contributed by atoms with Crippen LogP contribution in [0.2, 0.25) is 0 Å². The van der Waals surface area contributed by atoms with Crippen LogP contribution in [0.4, 0.5) is 32.0 Å². The Labute approximate surface area is 247 Å². The van der Waals surface area contributed by atoms with Gasteiger partial charge in [-0.05, 0) is 61.4 Å². The third kappa shape index (κ3) is 9.88. The molecule has 0 aliphatic carbocycles. The van der Waals surface area contributed by atoms with Gasteiger partial charge in [0.15, 0.2) is 0 Å². The minimum atomic E-state index is -5.19. The number of hydrogen-bond acceptors (Lipinski definition) is 6. The highest BCUT2D eigenvalue weighted by Crippen LogP contribution is 2.38. The average molecular weight is 633 g/mol. The van der Waals surface area contributed by atoms with E-state index in [2.05, 4.69) is 22.7 Å². The van der Waals surface area contributed by atoms with Gasteiger partial charge in [-0.1, -0.05) is 30.3 Å². The lowest BCUT2D eigenvalue weighted by molar-refractivity contribution is -0.274. The van der Waals surface area contributed by atoms with Crippen LogP contribution in [0, 0.1) is 0 Å². The lowest BCUT2D eigenvalue weighted by atomic mass is 10.1. The second kappa shape index (κ2) is 13.3. The van der Waals surface area contributed by atoms with Gasteiger partial charge in [0.2, 0.25) is 5.91 Å². The van der Waals surface area contributed by atoms with Gasteiger partial charge in [0, 0.05) is 22.9 Å². The first-order valence-corrected chi connectivity index (χ1v) is 13.5. The Morgan fingerprint density at radius 2 is 1.60 bits per heavy atom. The molecular formula is C28H26F6N2O4S2. The van der Waals surface area contributed by atoms with Crippen molar-refractivity contribution < 1.29 is 45.8 Å². The Morgan fingerprint density at radius 1 is 0.952 bits per heavy atom. The molecule has 0 fully saturated rings. The van der Waals surface area contributed by atoms with Crippen LogP contribution in [-0.2, 0) is 28.9 Å². The Hall–Kier alpha value is -3.36. The average Bonchev–Trinajstić information content (AvgIpc) is 2.85. The van der Waals surface area contributed by atoms with Crippen LogP contribution in [0.1, 0.15) is 30.5 Å². The van der Waals surface area contributed by atoms with E-state index < -0.39 is 46.2 Å². The van der Waals surface area contributed by atoms with E-state index in [0.717, 1.165) is 22.9 Å². The Balaban J connectivity index is 1.82. The third-order valence-corrected chi connectivity index (χ3v) is 7.40. The van der Waals surface area contributed by atoms with E-state index in [1.54, 1.807) is 67.3 Å². The molecule has 14 heteroatoms. The third-order valence-electron chi connectivity index (χ3n) is 5.77. The topological polar surface area (TPSA) is 78.9 Å². The van der Waals surface area contributed by atoms with Crippen molar-refractivity contribution in [3.8, 4) is 5.75 Å². The molecule has 3 rings (SSSR count). The van der Waals surface area contributed by atoms with E-state index in [1.165, 1.54) is 0 Å². The van der Waals surface area contributed by atoms with E-state index in [-0.39, 0.29) is 25.7 Å². The minimum Gasteiger partial charge on any atom is -0.480 e. The van der Waals surface area contributed by atoms with Crippen LogP contribution >= 0.6 is 24.4 Å². The minimum absolute atomic E-state index is 0.170. The second-order valence-corrected chi connectivity index (χ2v) is 11.8. The number of carboxylic acids is 1. The van der Waals surface area contributed by atoms with Crippen molar-refractivity contribution in [1.29, 1.82) is 0 Å². The lowest BCUT2D eigenvalue weighted by Gasteiger charge is -2.24. The maximum atomic E-state index is 13.6. The van der Waals surface area contributed by atoms with Crippen molar-refractivity contribution in [3.05, 3.63) is 83.4 Å². The number of benzene rings is 3. The van der Waals surface area contributed by atoms with Crippen molar-refractivity contribution in [1.82, 2.24) is 4.90 Å². The molecule has 0 spiro atoms. The summed E-state index contributed by atoms with van der Waals surface area (Å²) in [6, 6.07) is 15.6. The van der Waals surface area contributed by atoms with Crippen LogP contribution in [-0.4, -0.2) is 39.5 Å². The SMILES string of the molecule is CC(C)(Sc1ccc(CN(CC(=O)Nc2ccc(OC(F)(F)F)cc2C(F)(F)F)Cc2ccccc2S)cc1)C(=O)O. The fraction of sp³-hybridized carbons (Fsp3) is 0.286. The molecule has 0 atom stereocenters. The highest BCUT2D eigenvalue weighted by atomic mass is 32.2. The molecule has 226 valence electrons. The summed E-state index contributed by atoms with van der Waals surface area (Å²) in [6.45, 7) is 3.16. The number of rotatable bonds is 11. The van der Waals surface area contributed by atoms with Crippen molar-refractivity contribution in [2.45, 2.75) is 54.0 Å². The molecule has 0 radical (unpaired) electrons. The number of thioether (sulfide) groups is 1. The number of aliphatic carboxylic acids is 1. The highest BCUT2D eigenvalue weighted by Gasteiger charge is 2.37. The number of nitrogens with zero attached hydrogens (tertiary/aromatic N) is 1. The molecule has 2 N–H and O–H groups in total. The number of halogens is 6. The summed E-state index contributed by atoms with van der Waals surface area (Å²) in [5.41, 5.74) is -0.739. The zero-order valence-corrected chi connectivity index (χ0v) is 23.9. The van der Waals surface area contributed by atoms with Gasteiger partial charge >= 0.3 is 18.5 Å². The molecule has 0 bridgehead atoms. The van der Waals surface area contributed by atoms with Gasteiger partial charge in [-0.25, -0.2) is 0 Å². The van der Waals surface area contributed by atoms with Gasteiger partial charge in [0.1, 0.15) is 10.5 Å². The molecule has 6 nitrogen and oxygen atoms in total. The summed E-state index contributed by atoms with van der Waals surface area (Å²) in [5, 5.41) is 11.5. The molecule has 0 heterocycles. The first kappa shape index (κ1) is 33.1. The number of carbonyl (C=O) groups excluding carboxylic acids is 1. The largest absolute Gasteiger partial charge is 0.573 e. The fourth-order valence-corrected chi connectivity index (χ4v) is 4.95. The summed E-state index contributed by atoms with van der Waals surface area (Å²) in [7, 11) is 0. The summed E-state index contributed by atoms with van der Waals surface area (Å²) in [4.78, 5) is 27.4. The zero-order valence-electron chi connectivity index (χ0n) is 22.2. The molecule has 3 aromatic carbocycles. The molecule has 0 saturated carbocycles. The van der Waals surface area contributed by atoms with Crippen LogP contribution in [0.5, 0.6) is 5.75 Å². The van der Waals surface area contributed by atoms with Crippen LogP contribution < -0.4 is 10.1 Å². The molecule has 0 aliphatic rings. The zero-order chi connectivity index (χ0) is 31.3. The highest BCUT2D eigenvalue weighted by molar-refractivity contribution is 8.01. The van der Waals surface area contributed by atoms with Crippen LogP contribution in [0.25, 0.3) is 0 Å². The fourth-order valence-electron chi connectivity index (χ4n) is 3.77. The second-order valence-electron chi connectivity index (χ2n) is 9.64. The monoisotopic (exact) mass is 632 g/mol. The van der Waals surface area contributed by atoms with Crippen molar-refractivity contribution in [3.63, 3.8) is 0 Å². The van der Waals surface area contributed by atoms with Gasteiger partial charge in [-0.2, -0.15) is 13.2 Å². The molecule has 42 heavy (non-hydrogen) atoms. The first-order chi connectivity index (χ1) is 19.4. The number of ether oxygens (including phenoxy) is 1. The molecular weight excluding hydrogens is 606 g/mol. The van der Waals surface area contributed by atoms with Gasteiger partial charge in [0.25, 0.3) is 0 Å². The molecule has 0 aromatic heterocycles. The maximum absolute atomic E-state index is 13.6. The Bertz CT molecular complexity index is 1410. The van der Waals surface area contributed by atoms with E-state index in [1.807, 2.05) is 0 Å². The smallest absolute Gasteiger partial charge is 0.480 e. The molecule has 1 amide bonds. The summed E-state index contributed by atoms with van der Waals surface area (Å²) < 4.78 is 81.0. The Kier molecular flexibility index (Phi) is 10.5. The first-order valence-electron chi connectivity index (χ1n) is 12.2. The number of hydrogen-bond donors (Lipinski definition) is 3. The quantitative estimate of drug-likeness (QED) is 0.116. The normalized spacial score (nSPS) is 12.3. The summed E-state index contributed by atoms with van der Waals surface area (Å²) >= 11 is 5.58. The number of carbonyl (C=O) groups is 2. The Morgan fingerprint density at radius 3 is 2.17 bits per heavy atom. The number of amides is 1. The predicted molar refractivity (Wildman–Crippen MR) is 149 cm³/mol. The van der Waals surface area contributed by atoms with Gasteiger partial charge in [-0.15, -0.1) is 37.6 Å². The van der Waals surface area contributed by atoms with E-state index >= 15 is 0 Å².